The van der Waals surface area contributed by atoms with E-state index in [0.717, 1.165) is 40.6 Å². The van der Waals surface area contributed by atoms with E-state index in [1.165, 1.54) is 24.3 Å². The molecule has 0 aromatic heterocycles. The molecule has 0 bridgehead atoms. The topological polar surface area (TPSA) is 123 Å². The van der Waals surface area contributed by atoms with Crippen molar-refractivity contribution in [3.05, 3.63) is 107 Å². The zero-order valence-electron chi connectivity index (χ0n) is 19.7. The average molecular weight is 553 g/mol. The Morgan fingerprint density at radius 2 is 1.46 bits per heavy atom. The number of hydrogen-bond acceptors (Lipinski definition) is 9. The molecule has 0 radical (unpaired) electrons. The van der Waals surface area contributed by atoms with Crippen LogP contribution >= 0.6 is 11.8 Å². The van der Waals surface area contributed by atoms with Crippen LogP contribution in [0.2, 0.25) is 0 Å². The summed E-state index contributed by atoms with van der Waals surface area (Å²) in [5.41, 5.74) is 3.05. The molecule has 1 aliphatic rings. The summed E-state index contributed by atoms with van der Waals surface area (Å²) in [5, 5.41) is 13.6. The van der Waals surface area contributed by atoms with Crippen molar-refractivity contribution < 1.29 is 25.3 Å². The van der Waals surface area contributed by atoms with Crippen LogP contribution in [0.3, 0.4) is 0 Å². The Bertz CT molecular complexity index is 1680. The van der Waals surface area contributed by atoms with Gasteiger partial charge in [-0.2, -0.15) is 22.1 Å². The zero-order valence-corrected chi connectivity index (χ0v) is 22.1. The van der Waals surface area contributed by atoms with Crippen LogP contribution in [0, 0.1) is 25.2 Å². The third kappa shape index (κ3) is 6.11. The van der Waals surface area contributed by atoms with E-state index in [-0.39, 0.29) is 20.6 Å². The highest BCUT2D eigenvalue weighted by Gasteiger charge is 2.21. The van der Waals surface area contributed by atoms with Crippen molar-refractivity contribution in [2.24, 2.45) is 5.16 Å². The number of allylic oxidation sites excluding steroid dienone is 2. The molecular formula is C26H20N2O6S3. The number of oxime groups is 1. The van der Waals surface area contributed by atoms with Gasteiger partial charge in [-0.1, -0.05) is 58.9 Å². The van der Waals surface area contributed by atoms with Crippen molar-refractivity contribution >= 4 is 42.6 Å². The van der Waals surface area contributed by atoms with Gasteiger partial charge in [0.15, 0.2) is 0 Å². The van der Waals surface area contributed by atoms with Crippen LogP contribution in [0.25, 0.3) is 5.57 Å². The number of benzene rings is 3. The van der Waals surface area contributed by atoms with Gasteiger partial charge < -0.3 is 4.18 Å². The molecule has 11 heteroatoms. The Balaban J connectivity index is 1.46. The molecule has 4 rings (SSSR count). The van der Waals surface area contributed by atoms with Crippen LogP contribution in [-0.4, -0.2) is 21.9 Å². The fraction of sp³-hybridized carbons (Fsp3) is 0.0769. The number of rotatable bonds is 7. The summed E-state index contributed by atoms with van der Waals surface area (Å²) < 4.78 is 60.0. The van der Waals surface area contributed by atoms with Gasteiger partial charge in [0.05, 0.1) is 5.57 Å². The summed E-state index contributed by atoms with van der Waals surface area (Å²) in [6.07, 6.45) is 3.23. The molecule has 188 valence electrons. The lowest BCUT2D eigenvalue weighted by molar-refractivity contribution is 0.340. The maximum Gasteiger partial charge on any atom is 0.358 e. The molecule has 0 fully saturated rings. The molecule has 0 spiro atoms. The Morgan fingerprint density at radius 3 is 2.11 bits per heavy atom. The lowest BCUT2D eigenvalue weighted by atomic mass is 10.0. The average Bonchev–Trinajstić information content (AvgIpc) is 3.34. The summed E-state index contributed by atoms with van der Waals surface area (Å²) in [6, 6.07) is 20.5. The van der Waals surface area contributed by atoms with Gasteiger partial charge in [0.2, 0.25) is 0 Å². The van der Waals surface area contributed by atoms with Crippen LogP contribution in [0.4, 0.5) is 0 Å². The first kappa shape index (κ1) is 26.2. The number of nitrogens with zero attached hydrogens (tertiary/aromatic N) is 2. The highest BCUT2D eigenvalue weighted by Crippen LogP contribution is 2.35. The Morgan fingerprint density at radius 1 is 0.838 bits per heavy atom. The minimum Gasteiger partial charge on any atom is -0.379 e. The molecule has 3 aromatic rings. The molecule has 1 heterocycles. The lowest BCUT2D eigenvalue weighted by Gasteiger charge is -2.08. The third-order valence-corrected chi connectivity index (χ3v) is 8.58. The second-order valence-electron chi connectivity index (χ2n) is 7.88. The molecule has 3 aromatic carbocycles. The molecule has 0 atom stereocenters. The summed E-state index contributed by atoms with van der Waals surface area (Å²) in [6.45, 7) is 3.73. The van der Waals surface area contributed by atoms with Gasteiger partial charge in [-0.3, -0.25) is 4.28 Å². The van der Waals surface area contributed by atoms with Gasteiger partial charge >= 0.3 is 20.2 Å². The zero-order chi connectivity index (χ0) is 26.6. The molecule has 0 amide bonds. The summed E-state index contributed by atoms with van der Waals surface area (Å²) in [4.78, 5) is 0.358. The molecule has 8 nitrogen and oxygen atoms in total. The molecule has 37 heavy (non-hydrogen) atoms. The monoisotopic (exact) mass is 552 g/mol. The molecule has 0 N–H and O–H groups in total. The van der Waals surface area contributed by atoms with Crippen LogP contribution in [-0.2, 0) is 24.5 Å². The Labute approximate surface area is 219 Å². The number of thioether (sulfide) groups is 1. The van der Waals surface area contributed by atoms with E-state index in [0.29, 0.717) is 10.5 Å². The van der Waals surface area contributed by atoms with Gasteiger partial charge in [-0.25, -0.2) is 0 Å². The van der Waals surface area contributed by atoms with E-state index in [2.05, 4.69) is 11.2 Å². The van der Waals surface area contributed by atoms with Crippen LogP contribution < -0.4 is 4.18 Å². The predicted molar refractivity (Wildman–Crippen MR) is 142 cm³/mol. The van der Waals surface area contributed by atoms with Crippen molar-refractivity contribution in [2.45, 2.75) is 23.6 Å². The molecule has 0 saturated carbocycles. The minimum absolute atomic E-state index is 0.0218. The molecular weight excluding hydrogens is 532 g/mol. The minimum atomic E-state index is -4.29. The normalized spacial score (nSPS) is 15.9. The largest absolute Gasteiger partial charge is 0.379 e. The molecule has 0 saturated heterocycles. The van der Waals surface area contributed by atoms with Gasteiger partial charge in [0.25, 0.3) is 0 Å². The van der Waals surface area contributed by atoms with E-state index in [9.17, 15) is 22.1 Å². The molecule has 0 unspecified atom stereocenters. The SMILES string of the molecule is Cc1ccc(S(=O)(=O)Oc2ccc(S(=O)(=O)ON=C3C=C/C(=C(\C#N)c4ccccc4C)S3)cc2)cc1. The van der Waals surface area contributed by atoms with Crippen LogP contribution in [0.5, 0.6) is 5.75 Å². The van der Waals surface area contributed by atoms with Crippen molar-refractivity contribution in [3.63, 3.8) is 0 Å². The Hall–Kier alpha value is -3.85. The van der Waals surface area contributed by atoms with E-state index < -0.39 is 20.2 Å². The maximum absolute atomic E-state index is 12.6. The summed E-state index contributed by atoms with van der Waals surface area (Å²) in [7, 11) is -8.37. The molecule has 1 aliphatic heterocycles. The van der Waals surface area contributed by atoms with Gasteiger partial charge in [0.1, 0.15) is 26.7 Å². The summed E-state index contributed by atoms with van der Waals surface area (Å²) >= 11 is 1.11. The number of hydrogen-bond donors (Lipinski definition) is 0. The van der Waals surface area contributed by atoms with E-state index in [1.54, 1.807) is 24.3 Å². The van der Waals surface area contributed by atoms with Crippen molar-refractivity contribution in [3.8, 4) is 11.8 Å². The third-order valence-electron chi connectivity index (χ3n) is 5.22. The molecule has 0 aliphatic carbocycles. The second-order valence-corrected chi connectivity index (χ2v) is 12.0. The second kappa shape index (κ2) is 10.6. The fourth-order valence-corrected chi connectivity index (χ4v) is 5.82. The highest BCUT2D eigenvalue weighted by atomic mass is 32.2. The first-order valence-electron chi connectivity index (χ1n) is 10.8. The Kier molecular flexibility index (Phi) is 7.54. The van der Waals surface area contributed by atoms with Crippen LogP contribution in [0.15, 0.2) is 105 Å². The van der Waals surface area contributed by atoms with E-state index in [1.807, 2.05) is 38.1 Å². The smallest absolute Gasteiger partial charge is 0.358 e. The fourth-order valence-electron chi connectivity index (χ4n) is 3.28. The first-order chi connectivity index (χ1) is 17.6. The lowest BCUT2D eigenvalue weighted by Crippen LogP contribution is -2.10. The van der Waals surface area contributed by atoms with E-state index in [4.69, 9.17) is 8.47 Å². The van der Waals surface area contributed by atoms with Crippen molar-refractivity contribution in [1.29, 1.82) is 5.26 Å². The van der Waals surface area contributed by atoms with Crippen molar-refractivity contribution in [1.82, 2.24) is 0 Å². The quantitative estimate of drug-likeness (QED) is 0.219. The van der Waals surface area contributed by atoms with Gasteiger partial charge in [0, 0.05) is 4.91 Å². The highest BCUT2D eigenvalue weighted by molar-refractivity contribution is 8.18. The number of nitriles is 1. The van der Waals surface area contributed by atoms with E-state index >= 15 is 0 Å². The standard InChI is InChI=1S/C26H20N2O6S3/c1-18-7-11-21(12-8-18)36(29,30)33-20-9-13-22(14-10-20)37(31,32)34-28-26-16-15-25(35-26)24(17-27)23-6-4-3-5-19(23)2/h3-16H,1-2H3/b25-24-,28-26?. The van der Waals surface area contributed by atoms with Gasteiger partial charge in [-0.05, 0) is 73.5 Å². The first-order valence-corrected chi connectivity index (χ1v) is 14.4. The maximum atomic E-state index is 12.6. The number of aryl methyl sites for hydroxylation is 2. The van der Waals surface area contributed by atoms with Gasteiger partial charge in [-0.15, -0.1) is 0 Å². The predicted octanol–water partition coefficient (Wildman–Crippen LogP) is 5.33. The van der Waals surface area contributed by atoms with Crippen LogP contribution in [0.1, 0.15) is 16.7 Å². The summed E-state index contributed by atoms with van der Waals surface area (Å²) in [5.74, 6) is -0.0601. The van der Waals surface area contributed by atoms with Crippen molar-refractivity contribution in [2.75, 3.05) is 0 Å².